The summed E-state index contributed by atoms with van der Waals surface area (Å²) in [7, 11) is 0. The molecule has 0 radical (unpaired) electrons. The molecule has 0 aromatic heterocycles. The molecule has 1 heterocycles. The summed E-state index contributed by atoms with van der Waals surface area (Å²) in [6.07, 6.45) is 0. The Morgan fingerprint density at radius 2 is 1.88 bits per heavy atom. The van der Waals surface area contributed by atoms with E-state index in [0.29, 0.717) is 12.1 Å². The number of benzene rings is 1. The fraction of sp³-hybridized carbons (Fsp3) is 0.556. The van der Waals surface area contributed by atoms with Crippen molar-refractivity contribution in [3.05, 3.63) is 35.4 Å². The molecule has 2 N–H and O–H groups in total. The molecule has 1 aromatic rings. The summed E-state index contributed by atoms with van der Waals surface area (Å²) in [5, 5.41) is 6.20. The van der Waals surface area contributed by atoms with E-state index >= 15 is 0 Å². The Bertz CT molecular complexity index is 567. The average molecular weight is 354 g/mol. The van der Waals surface area contributed by atoms with Crippen LogP contribution in [-0.2, 0) is 11.3 Å². The third kappa shape index (κ3) is 5.21. The molecule has 0 aliphatic carbocycles. The lowest BCUT2D eigenvalue weighted by Gasteiger charge is -2.34. The minimum absolute atomic E-state index is 0. The van der Waals surface area contributed by atoms with E-state index in [4.69, 9.17) is 0 Å². The maximum absolute atomic E-state index is 12.5. The van der Waals surface area contributed by atoms with Gasteiger partial charge in [-0.25, -0.2) is 0 Å². The summed E-state index contributed by atoms with van der Waals surface area (Å²) in [5.41, 5.74) is 1.30. The first-order valence-corrected chi connectivity index (χ1v) is 8.18. The lowest BCUT2D eigenvalue weighted by molar-refractivity contribution is -0.128. The first kappa shape index (κ1) is 20.5. The molecule has 1 atom stereocenters. The first-order valence-electron chi connectivity index (χ1n) is 8.18. The number of amides is 2. The van der Waals surface area contributed by atoms with Gasteiger partial charge in [0.1, 0.15) is 0 Å². The van der Waals surface area contributed by atoms with Gasteiger partial charge in [0.2, 0.25) is 5.91 Å². The van der Waals surface area contributed by atoms with Gasteiger partial charge in [0, 0.05) is 43.2 Å². The van der Waals surface area contributed by atoms with Crippen molar-refractivity contribution in [2.75, 3.05) is 19.6 Å². The van der Waals surface area contributed by atoms with Gasteiger partial charge in [-0.2, -0.15) is 0 Å². The second-order valence-electron chi connectivity index (χ2n) is 7.18. The largest absolute Gasteiger partial charge is 0.352 e. The molecule has 6 heteroatoms. The lowest BCUT2D eigenvalue weighted by atomic mass is 9.95. The number of nitrogens with one attached hydrogen (secondary N) is 2. The number of hydrogen-bond donors (Lipinski definition) is 2. The van der Waals surface area contributed by atoms with Crippen LogP contribution in [0.15, 0.2) is 24.3 Å². The molecule has 5 nitrogen and oxygen atoms in total. The lowest BCUT2D eigenvalue weighted by Crippen LogP contribution is -2.52. The monoisotopic (exact) mass is 353 g/mol. The van der Waals surface area contributed by atoms with E-state index < -0.39 is 5.41 Å². The second-order valence-corrected chi connectivity index (χ2v) is 7.18. The van der Waals surface area contributed by atoms with E-state index in [1.54, 1.807) is 0 Å². The molecule has 24 heavy (non-hydrogen) atoms. The highest BCUT2D eigenvalue weighted by Crippen LogP contribution is 2.14. The zero-order valence-electron chi connectivity index (χ0n) is 14.9. The summed E-state index contributed by atoms with van der Waals surface area (Å²) in [5.74, 6) is 0.0940. The summed E-state index contributed by atoms with van der Waals surface area (Å²) in [6.45, 7) is 10.6. The van der Waals surface area contributed by atoms with Crippen LogP contribution < -0.4 is 10.6 Å². The van der Waals surface area contributed by atoms with E-state index in [1.165, 1.54) is 0 Å². The molecule has 0 spiro atoms. The van der Waals surface area contributed by atoms with E-state index in [1.807, 2.05) is 49.9 Å². The fourth-order valence-electron chi connectivity index (χ4n) is 2.52. The zero-order valence-corrected chi connectivity index (χ0v) is 15.7. The molecule has 1 fully saturated rings. The molecular weight excluding hydrogens is 326 g/mol. The fourth-order valence-corrected chi connectivity index (χ4v) is 2.52. The van der Waals surface area contributed by atoms with Crippen molar-refractivity contribution in [1.29, 1.82) is 0 Å². The molecular formula is C18H28ClN3O2. The van der Waals surface area contributed by atoms with Crippen LogP contribution in [-0.4, -0.2) is 42.4 Å². The van der Waals surface area contributed by atoms with E-state index in [2.05, 4.69) is 17.6 Å². The number of halogens is 1. The van der Waals surface area contributed by atoms with Gasteiger partial charge in [-0.05, 0) is 24.6 Å². The summed E-state index contributed by atoms with van der Waals surface area (Å²) in [6, 6.07) is 7.71. The van der Waals surface area contributed by atoms with Crippen molar-refractivity contribution in [2.45, 2.75) is 40.3 Å². The smallest absolute Gasteiger partial charge is 0.254 e. The van der Waals surface area contributed by atoms with Crippen molar-refractivity contribution >= 4 is 24.2 Å². The Balaban J connectivity index is 0.00000288. The van der Waals surface area contributed by atoms with Crippen LogP contribution in [0.2, 0.25) is 0 Å². The number of rotatable bonds is 3. The third-order valence-corrected chi connectivity index (χ3v) is 4.10. The predicted octanol–water partition coefficient (Wildman–Crippen LogP) is 2.20. The molecule has 1 saturated heterocycles. The van der Waals surface area contributed by atoms with Crippen molar-refractivity contribution in [2.24, 2.45) is 5.41 Å². The SMILES string of the molecule is C[C@@H]1CNCCN1C(=O)c1ccc(CNC(=O)C(C)(C)C)cc1.Cl. The number of nitrogens with zero attached hydrogens (tertiary/aromatic N) is 1. The number of hydrogen-bond acceptors (Lipinski definition) is 3. The van der Waals surface area contributed by atoms with Gasteiger partial charge in [-0.3, -0.25) is 9.59 Å². The van der Waals surface area contributed by atoms with Gasteiger partial charge in [-0.1, -0.05) is 32.9 Å². The van der Waals surface area contributed by atoms with Crippen LogP contribution in [0.3, 0.4) is 0 Å². The van der Waals surface area contributed by atoms with E-state index in [9.17, 15) is 9.59 Å². The summed E-state index contributed by atoms with van der Waals surface area (Å²) < 4.78 is 0. The topological polar surface area (TPSA) is 61.4 Å². The Morgan fingerprint density at radius 1 is 1.25 bits per heavy atom. The molecule has 0 unspecified atom stereocenters. The average Bonchev–Trinajstić information content (AvgIpc) is 2.52. The summed E-state index contributed by atoms with van der Waals surface area (Å²) in [4.78, 5) is 26.3. The standard InChI is InChI=1S/C18H27N3O2.ClH/c1-13-11-19-9-10-21(13)16(22)15-7-5-14(6-8-15)12-20-17(23)18(2,3)4;/h5-8,13,19H,9-12H2,1-4H3,(H,20,23);1H/t13-;/m1./s1. The Labute approximate surface area is 150 Å². The van der Waals surface area contributed by atoms with Gasteiger partial charge in [-0.15, -0.1) is 12.4 Å². The molecule has 2 amide bonds. The van der Waals surface area contributed by atoms with Crippen LogP contribution in [0.1, 0.15) is 43.6 Å². The Kier molecular flexibility index (Phi) is 7.24. The highest BCUT2D eigenvalue weighted by atomic mass is 35.5. The second kappa shape index (κ2) is 8.49. The normalized spacial score (nSPS) is 17.8. The third-order valence-electron chi connectivity index (χ3n) is 4.10. The minimum Gasteiger partial charge on any atom is -0.352 e. The Hall–Kier alpha value is -1.59. The molecule has 0 bridgehead atoms. The Morgan fingerprint density at radius 3 is 2.42 bits per heavy atom. The minimum atomic E-state index is -0.395. The van der Waals surface area contributed by atoms with Crippen LogP contribution in [0.5, 0.6) is 0 Å². The number of carbonyl (C=O) groups excluding carboxylic acids is 2. The van der Waals surface area contributed by atoms with Crippen LogP contribution in [0.25, 0.3) is 0 Å². The molecule has 2 rings (SSSR count). The number of piperazine rings is 1. The molecule has 1 aliphatic rings. The van der Waals surface area contributed by atoms with Crippen LogP contribution in [0.4, 0.5) is 0 Å². The van der Waals surface area contributed by atoms with Crippen LogP contribution >= 0.6 is 12.4 Å². The van der Waals surface area contributed by atoms with E-state index in [0.717, 1.165) is 25.2 Å². The summed E-state index contributed by atoms with van der Waals surface area (Å²) >= 11 is 0. The van der Waals surface area contributed by atoms with Gasteiger partial charge < -0.3 is 15.5 Å². The van der Waals surface area contributed by atoms with Gasteiger partial charge in [0.15, 0.2) is 0 Å². The maximum Gasteiger partial charge on any atom is 0.254 e. The zero-order chi connectivity index (χ0) is 17.0. The molecule has 1 aromatic carbocycles. The molecule has 0 saturated carbocycles. The maximum atomic E-state index is 12.5. The van der Waals surface area contributed by atoms with Crippen molar-refractivity contribution < 1.29 is 9.59 Å². The van der Waals surface area contributed by atoms with Gasteiger partial charge in [0.05, 0.1) is 0 Å². The van der Waals surface area contributed by atoms with Crippen molar-refractivity contribution in [3.8, 4) is 0 Å². The molecule has 134 valence electrons. The van der Waals surface area contributed by atoms with Crippen molar-refractivity contribution in [3.63, 3.8) is 0 Å². The highest BCUT2D eigenvalue weighted by Gasteiger charge is 2.24. The first-order chi connectivity index (χ1) is 10.8. The van der Waals surface area contributed by atoms with Gasteiger partial charge >= 0.3 is 0 Å². The van der Waals surface area contributed by atoms with Gasteiger partial charge in [0.25, 0.3) is 5.91 Å². The molecule has 1 aliphatic heterocycles. The predicted molar refractivity (Wildman–Crippen MR) is 98.4 cm³/mol. The van der Waals surface area contributed by atoms with Crippen molar-refractivity contribution in [1.82, 2.24) is 15.5 Å². The highest BCUT2D eigenvalue weighted by molar-refractivity contribution is 5.94. The van der Waals surface area contributed by atoms with E-state index in [-0.39, 0.29) is 30.3 Å². The quantitative estimate of drug-likeness (QED) is 0.875. The number of carbonyl (C=O) groups is 2. The van der Waals surface area contributed by atoms with Crippen LogP contribution in [0, 0.1) is 5.41 Å².